The summed E-state index contributed by atoms with van der Waals surface area (Å²) in [6, 6.07) is 16.1. The van der Waals surface area contributed by atoms with E-state index in [1.807, 2.05) is 24.3 Å². The van der Waals surface area contributed by atoms with Crippen LogP contribution >= 0.6 is 11.6 Å². The number of imidazole rings is 1. The smallest absolute Gasteiger partial charge is 0.344 e. The second kappa shape index (κ2) is 7.25. The number of hydrogen-bond acceptors (Lipinski definition) is 4. The molecule has 0 atom stereocenters. The third-order valence-electron chi connectivity index (χ3n) is 4.07. The second-order valence-electron chi connectivity index (χ2n) is 6.11. The first-order chi connectivity index (χ1) is 13.1. The summed E-state index contributed by atoms with van der Waals surface area (Å²) in [5.41, 5.74) is 2.89. The van der Waals surface area contributed by atoms with Crippen LogP contribution in [0.1, 0.15) is 29.4 Å². The zero-order valence-corrected chi connectivity index (χ0v) is 15.4. The molecule has 0 spiro atoms. The van der Waals surface area contributed by atoms with Crippen LogP contribution in [0.3, 0.4) is 0 Å². The van der Waals surface area contributed by atoms with Crippen LogP contribution in [0.4, 0.5) is 0 Å². The maximum absolute atomic E-state index is 12.5. The van der Waals surface area contributed by atoms with Crippen LogP contribution in [0.5, 0.6) is 5.88 Å². The molecule has 0 aliphatic rings. The zero-order valence-electron chi connectivity index (χ0n) is 14.6. The molecule has 2 aromatic carbocycles. The first kappa shape index (κ1) is 17.3. The summed E-state index contributed by atoms with van der Waals surface area (Å²) in [6.07, 6.45) is 1.70. The summed E-state index contributed by atoms with van der Waals surface area (Å²) in [4.78, 5) is 20.3. The Kier molecular flexibility index (Phi) is 4.64. The van der Waals surface area contributed by atoms with Gasteiger partial charge in [-0.1, -0.05) is 43.1 Å². The third kappa shape index (κ3) is 3.57. The fourth-order valence-electron chi connectivity index (χ4n) is 2.82. The average Bonchev–Trinajstić information content (AvgIpc) is 3.25. The van der Waals surface area contributed by atoms with Crippen molar-refractivity contribution in [2.45, 2.75) is 19.8 Å². The molecule has 7 heteroatoms. The quantitative estimate of drug-likeness (QED) is 0.514. The van der Waals surface area contributed by atoms with E-state index < -0.39 is 5.97 Å². The molecule has 0 saturated carbocycles. The van der Waals surface area contributed by atoms with E-state index in [0.29, 0.717) is 22.4 Å². The number of rotatable bonds is 5. The number of ether oxygens (including phenoxy) is 1. The number of esters is 1. The van der Waals surface area contributed by atoms with Crippen molar-refractivity contribution in [1.82, 2.24) is 19.7 Å². The number of aromatic amines is 1. The van der Waals surface area contributed by atoms with Gasteiger partial charge in [0.15, 0.2) is 0 Å². The molecule has 0 unspecified atom stereocenters. The minimum absolute atomic E-state index is 0.308. The highest BCUT2D eigenvalue weighted by atomic mass is 35.5. The lowest BCUT2D eigenvalue weighted by Crippen LogP contribution is -2.12. The zero-order chi connectivity index (χ0) is 18.8. The van der Waals surface area contributed by atoms with E-state index in [9.17, 15) is 4.79 Å². The van der Waals surface area contributed by atoms with E-state index in [2.05, 4.69) is 22.0 Å². The van der Waals surface area contributed by atoms with E-state index in [1.165, 1.54) is 4.68 Å². The Morgan fingerprint density at radius 1 is 1.19 bits per heavy atom. The molecule has 2 aromatic heterocycles. The Morgan fingerprint density at radius 3 is 2.81 bits per heavy atom. The van der Waals surface area contributed by atoms with Gasteiger partial charge in [0.1, 0.15) is 0 Å². The number of carbonyl (C=O) groups is 1. The van der Waals surface area contributed by atoms with Crippen molar-refractivity contribution in [3.05, 3.63) is 70.9 Å². The molecule has 0 radical (unpaired) electrons. The maximum atomic E-state index is 12.5. The van der Waals surface area contributed by atoms with Crippen LogP contribution in [0.2, 0.25) is 5.02 Å². The molecule has 1 N–H and O–H groups in total. The number of nitrogens with one attached hydrogen (secondary N) is 1. The third-order valence-corrected chi connectivity index (χ3v) is 4.30. The van der Waals surface area contributed by atoms with Crippen molar-refractivity contribution in [2.75, 3.05) is 0 Å². The summed E-state index contributed by atoms with van der Waals surface area (Å²) in [6.45, 7) is 2.07. The van der Waals surface area contributed by atoms with Gasteiger partial charge in [0.2, 0.25) is 11.8 Å². The van der Waals surface area contributed by atoms with Gasteiger partial charge in [0.25, 0.3) is 0 Å². The number of para-hydroxylation sites is 2. The molecule has 0 fully saturated rings. The van der Waals surface area contributed by atoms with Crippen LogP contribution in [-0.4, -0.2) is 25.7 Å². The minimum Gasteiger partial charge on any atom is -0.404 e. The molecule has 0 saturated heterocycles. The first-order valence-corrected chi connectivity index (χ1v) is 9.03. The van der Waals surface area contributed by atoms with Crippen LogP contribution in [0, 0.1) is 0 Å². The number of aryl methyl sites for hydroxylation is 1. The topological polar surface area (TPSA) is 72.8 Å². The van der Waals surface area contributed by atoms with Crippen molar-refractivity contribution in [2.24, 2.45) is 0 Å². The monoisotopic (exact) mass is 380 g/mol. The van der Waals surface area contributed by atoms with Crippen molar-refractivity contribution >= 4 is 28.6 Å². The van der Waals surface area contributed by atoms with Gasteiger partial charge in [0.05, 0.1) is 22.3 Å². The molecule has 0 aliphatic heterocycles. The molecular formula is C20H17ClN4O2. The molecule has 4 rings (SSSR count). The first-order valence-electron chi connectivity index (χ1n) is 8.66. The van der Waals surface area contributed by atoms with Crippen LogP contribution < -0.4 is 4.74 Å². The summed E-state index contributed by atoms with van der Waals surface area (Å²) < 4.78 is 7.13. The fraction of sp³-hybridized carbons (Fsp3) is 0.150. The lowest BCUT2D eigenvalue weighted by Gasteiger charge is -2.05. The van der Waals surface area contributed by atoms with Crippen molar-refractivity contribution in [3.63, 3.8) is 0 Å². The number of halogens is 1. The average molecular weight is 381 g/mol. The summed E-state index contributed by atoms with van der Waals surface area (Å²) >= 11 is 5.97. The summed E-state index contributed by atoms with van der Waals surface area (Å²) in [5.74, 6) is 0.299. The molecule has 4 aromatic rings. The lowest BCUT2D eigenvalue weighted by atomic mass is 10.2. The fourth-order valence-corrected chi connectivity index (χ4v) is 3.01. The molecule has 6 nitrogen and oxygen atoms in total. The predicted molar refractivity (Wildman–Crippen MR) is 104 cm³/mol. The molecule has 0 aliphatic carbocycles. The highest BCUT2D eigenvalue weighted by Gasteiger charge is 2.18. The van der Waals surface area contributed by atoms with Gasteiger partial charge in [-0.2, -0.15) is 9.78 Å². The number of aromatic nitrogens is 4. The minimum atomic E-state index is -0.502. The summed E-state index contributed by atoms with van der Waals surface area (Å²) in [7, 11) is 0. The van der Waals surface area contributed by atoms with Crippen LogP contribution in [0.15, 0.2) is 54.6 Å². The Labute approximate surface area is 160 Å². The number of benzene rings is 2. The van der Waals surface area contributed by atoms with Crippen molar-refractivity contribution < 1.29 is 9.53 Å². The SMILES string of the molecule is CCCc1cc(OC(=O)c2cccc(Cl)c2)n(-c2nc3ccccc3[nH]2)n1. The van der Waals surface area contributed by atoms with Gasteiger partial charge in [-0.05, 0) is 36.8 Å². The van der Waals surface area contributed by atoms with Gasteiger partial charge < -0.3 is 9.72 Å². The van der Waals surface area contributed by atoms with Crippen LogP contribution in [-0.2, 0) is 6.42 Å². The van der Waals surface area contributed by atoms with Crippen molar-refractivity contribution in [3.8, 4) is 11.8 Å². The number of H-pyrrole nitrogens is 1. The molecule has 27 heavy (non-hydrogen) atoms. The van der Waals surface area contributed by atoms with E-state index in [-0.39, 0.29) is 0 Å². The van der Waals surface area contributed by atoms with E-state index >= 15 is 0 Å². The van der Waals surface area contributed by atoms with Gasteiger partial charge in [-0.15, -0.1) is 0 Å². The number of fused-ring (bicyclic) bond motifs is 1. The van der Waals surface area contributed by atoms with Gasteiger partial charge >= 0.3 is 5.97 Å². The molecule has 2 heterocycles. The number of nitrogens with zero attached hydrogens (tertiary/aromatic N) is 3. The standard InChI is InChI=1S/C20H17ClN4O2/c1-2-6-15-12-18(27-19(26)13-7-5-8-14(21)11-13)25(24-15)20-22-16-9-3-4-10-17(16)23-20/h3-5,7-12H,2,6H2,1H3,(H,22,23). The van der Waals surface area contributed by atoms with Gasteiger partial charge in [-0.3, -0.25) is 0 Å². The lowest BCUT2D eigenvalue weighted by molar-refractivity contribution is 0.0722. The normalized spacial score (nSPS) is 11.0. The maximum Gasteiger partial charge on any atom is 0.344 e. The van der Waals surface area contributed by atoms with Crippen LogP contribution in [0.25, 0.3) is 17.0 Å². The molecule has 0 bridgehead atoms. The molecular weight excluding hydrogens is 364 g/mol. The number of hydrogen-bond donors (Lipinski definition) is 1. The Bertz CT molecular complexity index is 1080. The highest BCUT2D eigenvalue weighted by Crippen LogP contribution is 2.22. The van der Waals surface area contributed by atoms with E-state index in [0.717, 1.165) is 29.6 Å². The highest BCUT2D eigenvalue weighted by molar-refractivity contribution is 6.30. The van der Waals surface area contributed by atoms with E-state index in [4.69, 9.17) is 16.3 Å². The largest absolute Gasteiger partial charge is 0.404 e. The van der Waals surface area contributed by atoms with Gasteiger partial charge in [-0.25, -0.2) is 9.78 Å². The van der Waals surface area contributed by atoms with Gasteiger partial charge in [0, 0.05) is 11.1 Å². The van der Waals surface area contributed by atoms with E-state index in [1.54, 1.807) is 30.3 Å². The Morgan fingerprint density at radius 2 is 2.04 bits per heavy atom. The Balaban J connectivity index is 1.72. The second-order valence-corrected chi connectivity index (χ2v) is 6.55. The Hall–Kier alpha value is -3.12. The molecule has 136 valence electrons. The molecule has 0 amide bonds. The predicted octanol–water partition coefficient (Wildman–Crippen LogP) is 4.57. The van der Waals surface area contributed by atoms with Crippen molar-refractivity contribution in [1.29, 1.82) is 0 Å². The summed E-state index contributed by atoms with van der Waals surface area (Å²) in [5, 5.41) is 5.02. The number of carbonyl (C=O) groups excluding carboxylic acids is 1.